The highest BCUT2D eigenvalue weighted by Crippen LogP contribution is 2.23. The largest absolute Gasteiger partial charge is 0.394 e. The van der Waals surface area contributed by atoms with Crippen molar-refractivity contribution in [3.63, 3.8) is 0 Å². The van der Waals surface area contributed by atoms with Gasteiger partial charge in [-0.15, -0.1) is 0 Å². The number of hydrogen-bond donors (Lipinski definition) is 6. The van der Waals surface area contributed by atoms with Gasteiger partial charge in [0, 0.05) is 6.42 Å². The Bertz CT molecular complexity index is 711. The predicted molar refractivity (Wildman–Crippen MR) is 189 cm³/mol. The number of carbonyl (C=O) groups is 1. The minimum atomic E-state index is -1.55. The fraction of sp³-hybridized carbons (Fsp3) is 0.974. The number of carbonyl (C=O) groups excluding carboxylic acids is 1. The van der Waals surface area contributed by atoms with Crippen molar-refractivity contribution in [1.82, 2.24) is 5.32 Å². The summed E-state index contributed by atoms with van der Waals surface area (Å²) in [5.41, 5.74) is 0. The summed E-state index contributed by atoms with van der Waals surface area (Å²) in [6.07, 6.45) is 22.7. The van der Waals surface area contributed by atoms with Gasteiger partial charge in [-0.1, -0.05) is 162 Å². The van der Waals surface area contributed by atoms with Crippen LogP contribution in [0.1, 0.15) is 181 Å². The first-order chi connectivity index (χ1) is 22.8. The summed E-state index contributed by atoms with van der Waals surface area (Å²) >= 11 is 0. The molecule has 1 aliphatic heterocycles. The zero-order valence-electron chi connectivity index (χ0n) is 30.3. The molecule has 47 heavy (non-hydrogen) atoms. The van der Waals surface area contributed by atoms with Gasteiger partial charge in [-0.3, -0.25) is 4.79 Å². The average Bonchev–Trinajstić information content (AvgIpc) is 3.07. The smallest absolute Gasteiger partial charge is 0.220 e. The third kappa shape index (κ3) is 21.8. The van der Waals surface area contributed by atoms with Crippen molar-refractivity contribution >= 4 is 5.91 Å². The molecule has 0 aliphatic carbocycles. The minimum absolute atomic E-state index is 0.133. The lowest BCUT2D eigenvalue weighted by molar-refractivity contribution is -0.302. The van der Waals surface area contributed by atoms with Crippen LogP contribution < -0.4 is 5.32 Å². The number of hydrogen-bond acceptors (Lipinski definition) is 8. The zero-order valence-corrected chi connectivity index (χ0v) is 30.3. The maximum absolute atomic E-state index is 12.8. The van der Waals surface area contributed by atoms with E-state index in [1.807, 2.05) is 0 Å². The number of unbranched alkanes of at least 4 members (excludes halogenated alkanes) is 22. The summed E-state index contributed by atoms with van der Waals surface area (Å²) < 4.78 is 11.2. The summed E-state index contributed by atoms with van der Waals surface area (Å²) in [6, 6.07) is -0.708. The molecule has 0 aromatic heterocycles. The van der Waals surface area contributed by atoms with E-state index in [9.17, 15) is 30.3 Å². The second-order valence-corrected chi connectivity index (χ2v) is 14.1. The molecular weight excluding hydrogens is 598 g/mol. The van der Waals surface area contributed by atoms with Gasteiger partial charge in [-0.25, -0.2) is 0 Å². The van der Waals surface area contributed by atoms with Gasteiger partial charge in [0.2, 0.25) is 5.91 Å². The Morgan fingerprint density at radius 3 is 1.51 bits per heavy atom. The van der Waals surface area contributed by atoms with Crippen molar-refractivity contribution in [2.24, 2.45) is 0 Å². The number of rotatable bonds is 32. The molecule has 9 nitrogen and oxygen atoms in total. The van der Waals surface area contributed by atoms with Gasteiger partial charge in [0.1, 0.15) is 24.4 Å². The molecule has 1 rings (SSSR count). The van der Waals surface area contributed by atoms with Crippen LogP contribution in [-0.4, -0.2) is 87.5 Å². The topological polar surface area (TPSA) is 149 Å². The second-order valence-electron chi connectivity index (χ2n) is 14.1. The van der Waals surface area contributed by atoms with Crippen LogP contribution in [0.5, 0.6) is 0 Å². The van der Waals surface area contributed by atoms with E-state index in [1.165, 1.54) is 116 Å². The van der Waals surface area contributed by atoms with Crippen molar-refractivity contribution in [3.05, 3.63) is 0 Å². The summed E-state index contributed by atoms with van der Waals surface area (Å²) in [7, 11) is 0. The summed E-state index contributed by atoms with van der Waals surface area (Å²) in [4.78, 5) is 12.8. The number of ether oxygens (including phenoxy) is 2. The molecular formula is C38H75NO8. The lowest BCUT2D eigenvalue weighted by Gasteiger charge is -2.40. The van der Waals surface area contributed by atoms with Crippen LogP contribution in [0.25, 0.3) is 0 Å². The van der Waals surface area contributed by atoms with Crippen LogP contribution >= 0.6 is 0 Å². The van der Waals surface area contributed by atoms with E-state index in [-0.39, 0.29) is 12.5 Å². The highest BCUT2D eigenvalue weighted by molar-refractivity contribution is 5.76. The Balaban J connectivity index is 2.33. The Kier molecular flexibility index (Phi) is 28.3. The van der Waals surface area contributed by atoms with Gasteiger partial charge in [0.15, 0.2) is 6.29 Å². The molecule has 0 radical (unpaired) electrons. The lowest BCUT2D eigenvalue weighted by Crippen LogP contribution is -2.60. The van der Waals surface area contributed by atoms with E-state index in [1.54, 1.807) is 0 Å². The predicted octanol–water partition coefficient (Wildman–Crippen LogP) is 6.83. The molecule has 0 saturated carbocycles. The van der Waals surface area contributed by atoms with Crippen molar-refractivity contribution in [3.8, 4) is 0 Å². The number of aliphatic hydroxyl groups excluding tert-OH is 5. The fourth-order valence-corrected chi connectivity index (χ4v) is 6.45. The van der Waals surface area contributed by atoms with E-state index >= 15 is 0 Å². The maximum Gasteiger partial charge on any atom is 0.220 e. The lowest BCUT2D eigenvalue weighted by atomic mass is 9.99. The molecule has 1 saturated heterocycles. The molecule has 1 heterocycles. The molecule has 7 unspecified atom stereocenters. The molecule has 1 aliphatic rings. The first kappa shape index (κ1) is 44.2. The van der Waals surface area contributed by atoms with Crippen molar-refractivity contribution in [2.45, 2.75) is 224 Å². The van der Waals surface area contributed by atoms with Crippen LogP contribution in [-0.2, 0) is 14.3 Å². The van der Waals surface area contributed by atoms with Gasteiger partial charge < -0.3 is 40.3 Å². The molecule has 9 heteroatoms. The molecule has 0 aromatic rings. The SMILES string of the molecule is CCCCCCCCCCCCCCCCCCCC(O)C(COC1OC(CO)C(O)C(O)C1O)NC(=O)CCCCCCCCC. The number of amides is 1. The van der Waals surface area contributed by atoms with E-state index in [2.05, 4.69) is 19.2 Å². The molecule has 0 aromatic carbocycles. The average molecular weight is 674 g/mol. The van der Waals surface area contributed by atoms with Crippen LogP contribution in [0.15, 0.2) is 0 Å². The van der Waals surface area contributed by atoms with Crippen LogP contribution in [0.3, 0.4) is 0 Å². The Hall–Kier alpha value is -0.810. The molecule has 6 N–H and O–H groups in total. The van der Waals surface area contributed by atoms with Gasteiger partial charge in [0.25, 0.3) is 0 Å². The quantitative estimate of drug-likeness (QED) is 0.0426. The van der Waals surface area contributed by atoms with E-state index in [0.29, 0.717) is 12.8 Å². The Morgan fingerprint density at radius 1 is 0.638 bits per heavy atom. The molecule has 0 spiro atoms. The summed E-state index contributed by atoms with van der Waals surface area (Å²) in [6.45, 7) is 3.78. The van der Waals surface area contributed by atoms with Crippen molar-refractivity contribution in [1.29, 1.82) is 0 Å². The van der Waals surface area contributed by atoms with Crippen LogP contribution in [0.4, 0.5) is 0 Å². The minimum Gasteiger partial charge on any atom is -0.394 e. The molecule has 0 bridgehead atoms. The van der Waals surface area contributed by atoms with Crippen LogP contribution in [0.2, 0.25) is 0 Å². The highest BCUT2D eigenvalue weighted by atomic mass is 16.7. The van der Waals surface area contributed by atoms with E-state index < -0.39 is 49.5 Å². The standard InChI is InChI=1S/C38H75NO8/c1-3-5-7-9-11-12-13-14-15-16-17-18-19-20-22-23-25-27-32(41)31(39-34(42)28-26-24-21-10-8-6-4-2)30-46-38-37(45)36(44)35(43)33(29-40)47-38/h31-33,35-38,40-41,43-45H,3-30H2,1-2H3,(H,39,42). The van der Waals surface area contributed by atoms with E-state index in [4.69, 9.17) is 9.47 Å². The number of aliphatic hydroxyl groups is 5. The third-order valence-corrected chi connectivity index (χ3v) is 9.71. The summed E-state index contributed by atoms with van der Waals surface area (Å²) in [5.74, 6) is -0.151. The highest BCUT2D eigenvalue weighted by Gasteiger charge is 2.44. The zero-order chi connectivity index (χ0) is 34.5. The molecule has 7 atom stereocenters. The molecule has 280 valence electrons. The van der Waals surface area contributed by atoms with Crippen molar-refractivity contribution in [2.75, 3.05) is 13.2 Å². The molecule has 1 fully saturated rings. The van der Waals surface area contributed by atoms with E-state index in [0.717, 1.165) is 38.5 Å². The first-order valence-corrected chi connectivity index (χ1v) is 19.7. The summed E-state index contributed by atoms with van der Waals surface area (Å²) in [5, 5.41) is 53.9. The Morgan fingerprint density at radius 2 is 1.06 bits per heavy atom. The maximum atomic E-state index is 12.8. The normalized spacial score (nSPS) is 22.7. The molecule has 1 amide bonds. The van der Waals surface area contributed by atoms with Gasteiger partial charge in [0.05, 0.1) is 25.4 Å². The third-order valence-electron chi connectivity index (χ3n) is 9.71. The van der Waals surface area contributed by atoms with Gasteiger partial charge in [-0.05, 0) is 12.8 Å². The van der Waals surface area contributed by atoms with Gasteiger partial charge in [-0.2, -0.15) is 0 Å². The van der Waals surface area contributed by atoms with Gasteiger partial charge >= 0.3 is 0 Å². The van der Waals surface area contributed by atoms with Crippen LogP contribution in [0, 0.1) is 0 Å². The monoisotopic (exact) mass is 674 g/mol. The number of nitrogens with one attached hydrogen (secondary N) is 1. The Labute approximate surface area is 287 Å². The second kappa shape index (κ2) is 30.1. The fourth-order valence-electron chi connectivity index (χ4n) is 6.45. The first-order valence-electron chi connectivity index (χ1n) is 19.7. The van der Waals surface area contributed by atoms with Crippen molar-refractivity contribution < 1.29 is 39.8 Å².